The second-order valence-corrected chi connectivity index (χ2v) is 8.34. The van der Waals surface area contributed by atoms with Crippen molar-refractivity contribution in [2.45, 2.75) is 31.7 Å². The van der Waals surface area contributed by atoms with Crippen molar-refractivity contribution in [2.24, 2.45) is 0 Å². The maximum atomic E-state index is 14.8. The predicted molar refractivity (Wildman–Crippen MR) is 126 cm³/mol. The first-order valence-corrected chi connectivity index (χ1v) is 11.2. The lowest BCUT2D eigenvalue weighted by Gasteiger charge is -2.13. The molecule has 0 bridgehead atoms. The minimum Gasteiger partial charge on any atom is -0.383 e. The highest BCUT2D eigenvalue weighted by molar-refractivity contribution is 5.83. The van der Waals surface area contributed by atoms with Gasteiger partial charge in [0, 0.05) is 18.7 Å². The lowest BCUT2D eigenvalue weighted by molar-refractivity contribution is -0.138. The van der Waals surface area contributed by atoms with E-state index in [9.17, 15) is 40.3 Å². The number of hydrogen-bond acceptors (Lipinski definition) is 7. The van der Waals surface area contributed by atoms with Crippen LogP contribution in [-0.2, 0) is 18.9 Å². The number of alkyl halides is 6. The number of benzene rings is 1. The fourth-order valence-electron chi connectivity index (χ4n) is 3.84. The van der Waals surface area contributed by atoms with Gasteiger partial charge in [0.1, 0.15) is 17.2 Å². The van der Waals surface area contributed by atoms with Crippen LogP contribution >= 0.6 is 0 Å². The molecule has 4 aromatic rings. The van der Waals surface area contributed by atoms with E-state index in [4.69, 9.17) is 5.73 Å². The number of nitrogens with zero attached hydrogens (tertiary/aromatic N) is 4. The third kappa shape index (κ3) is 5.83. The van der Waals surface area contributed by atoms with Crippen molar-refractivity contribution in [2.75, 3.05) is 17.6 Å². The van der Waals surface area contributed by atoms with Crippen molar-refractivity contribution < 1.29 is 30.7 Å². The Morgan fingerprint density at radius 3 is 2.44 bits per heavy atom. The van der Waals surface area contributed by atoms with E-state index in [1.54, 1.807) is 5.10 Å². The number of rotatable bonds is 7. The van der Waals surface area contributed by atoms with Gasteiger partial charge in [-0.2, -0.15) is 31.4 Å². The van der Waals surface area contributed by atoms with Crippen LogP contribution in [0.4, 0.5) is 42.2 Å². The number of unbranched alkanes of at least 4 members (excludes halogenated alkanes) is 1. The first kappa shape index (κ1) is 27.5. The average Bonchev–Trinajstić information content (AvgIpc) is 2.83. The zero-order valence-electron chi connectivity index (χ0n) is 19.6. The molecule has 3 heterocycles. The van der Waals surface area contributed by atoms with Crippen LogP contribution in [0.5, 0.6) is 0 Å². The number of halogens is 7. The number of fused-ring (bicyclic) bond motifs is 1. The van der Waals surface area contributed by atoms with Crippen LogP contribution in [-0.4, -0.2) is 31.3 Å². The molecule has 0 saturated heterocycles. The van der Waals surface area contributed by atoms with Crippen molar-refractivity contribution in [3.05, 3.63) is 74.4 Å². The minimum atomic E-state index is -4.88. The summed E-state index contributed by atoms with van der Waals surface area (Å²) in [7, 11) is 0. The Morgan fingerprint density at radius 1 is 1.03 bits per heavy atom. The zero-order chi connectivity index (χ0) is 28.5. The van der Waals surface area contributed by atoms with Gasteiger partial charge in [0.15, 0.2) is 0 Å². The van der Waals surface area contributed by atoms with Crippen LogP contribution in [0.1, 0.15) is 24.0 Å². The number of anilines is 2. The third-order valence-corrected chi connectivity index (χ3v) is 5.70. The number of H-pyrrole nitrogens is 1. The van der Waals surface area contributed by atoms with Gasteiger partial charge in [0.25, 0.3) is 11.1 Å². The number of hydrogen-bond donors (Lipinski definition) is 3. The average molecular weight is 557 g/mol. The van der Waals surface area contributed by atoms with Crippen LogP contribution in [0.2, 0.25) is 0 Å². The highest BCUT2D eigenvalue weighted by Crippen LogP contribution is 2.35. The van der Waals surface area contributed by atoms with Gasteiger partial charge in [-0.3, -0.25) is 14.2 Å². The summed E-state index contributed by atoms with van der Waals surface area (Å²) in [4.78, 5) is 32.1. The van der Waals surface area contributed by atoms with Crippen LogP contribution < -0.4 is 22.2 Å². The number of aryl methyl sites for hydroxylation is 1. The normalized spacial score (nSPS) is 12.2. The molecule has 0 amide bonds. The van der Waals surface area contributed by atoms with E-state index in [-0.39, 0.29) is 35.2 Å². The molecule has 0 fully saturated rings. The molecule has 39 heavy (non-hydrogen) atoms. The van der Waals surface area contributed by atoms with Gasteiger partial charge in [-0.25, -0.2) is 19.5 Å². The molecular formula is C23H18F7N7O2. The Kier molecular flexibility index (Phi) is 7.30. The van der Waals surface area contributed by atoms with Crippen LogP contribution in [0.15, 0.2) is 46.4 Å². The van der Waals surface area contributed by atoms with Gasteiger partial charge in [0.05, 0.1) is 40.4 Å². The monoisotopic (exact) mass is 557 g/mol. The van der Waals surface area contributed by atoms with E-state index in [0.29, 0.717) is 18.9 Å². The molecule has 0 aliphatic carbocycles. The number of aromatic nitrogens is 5. The van der Waals surface area contributed by atoms with E-state index in [0.717, 1.165) is 18.3 Å². The van der Waals surface area contributed by atoms with E-state index in [2.05, 4.69) is 20.4 Å². The van der Waals surface area contributed by atoms with Gasteiger partial charge in [-0.1, -0.05) is 0 Å². The van der Waals surface area contributed by atoms with Crippen molar-refractivity contribution in [1.29, 1.82) is 0 Å². The fourth-order valence-corrected chi connectivity index (χ4v) is 3.84. The molecule has 0 saturated carbocycles. The highest BCUT2D eigenvalue weighted by Gasteiger charge is 2.37. The summed E-state index contributed by atoms with van der Waals surface area (Å²) in [6, 6.07) is 3.70. The molecule has 0 aliphatic rings. The van der Waals surface area contributed by atoms with E-state index in [1.807, 2.05) is 0 Å². The molecule has 4 N–H and O–H groups in total. The molecule has 0 radical (unpaired) electrons. The molecule has 0 atom stereocenters. The van der Waals surface area contributed by atoms with Crippen molar-refractivity contribution in [3.8, 4) is 11.3 Å². The predicted octanol–water partition coefficient (Wildman–Crippen LogP) is 4.19. The van der Waals surface area contributed by atoms with Gasteiger partial charge in [-0.05, 0) is 37.1 Å². The number of nitrogens with two attached hydrogens (primary N) is 1. The van der Waals surface area contributed by atoms with Crippen molar-refractivity contribution >= 4 is 22.4 Å². The highest BCUT2D eigenvalue weighted by atomic mass is 19.4. The molecule has 4 rings (SSSR count). The Labute approximate surface area is 213 Å². The molecule has 3 aromatic heterocycles. The van der Waals surface area contributed by atoms with E-state index in [1.165, 1.54) is 17.0 Å². The summed E-state index contributed by atoms with van der Waals surface area (Å²) in [6.07, 6.45) is -6.97. The summed E-state index contributed by atoms with van der Waals surface area (Å²) in [6.45, 7) is 0.134. The summed E-state index contributed by atoms with van der Waals surface area (Å²) < 4.78 is 94.1. The lowest BCUT2D eigenvalue weighted by atomic mass is 10.1. The second-order valence-electron chi connectivity index (χ2n) is 8.34. The molecule has 0 spiro atoms. The quantitative estimate of drug-likeness (QED) is 0.229. The Hall–Kier alpha value is -4.50. The van der Waals surface area contributed by atoms with Gasteiger partial charge < -0.3 is 11.1 Å². The van der Waals surface area contributed by atoms with Crippen molar-refractivity contribution in [1.82, 2.24) is 24.7 Å². The van der Waals surface area contributed by atoms with E-state index >= 15 is 0 Å². The van der Waals surface area contributed by atoms with Crippen LogP contribution in [0.25, 0.3) is 22.2 Å². The molecule has 206 valence electrons. The number of aromatic amines is 1. The zero-order valence-corrected chi connectivity index (χ0v) is 19.6. The number of pyridine rings is 1. The number of nitrogen functional groups attached to an aromatic ring is 1. The first-order chi connectivity index (χ1) is 18.3. The summed E-state index contributed by atoms with van der Waals surface area (Å²) in [5, 5.41) is 7.49. The van der Waals surface area contributed by atoms with Gasteiger partial charge in [-0.15, -0.1) is 0 Å². The molecule has 16 heteroatoms. The smallest absolute Gasteiger partial charge is 0.383 e. The Balaban J connectivity index is 1.47. The SMILES string of the molecule is Nc1nc(-c2cc3ncn(CCCCNc4cn[nH]c(=O)c4C(F)(F)F)c(=O)c3cc2F)ccc1C(F)(F)F. The lowest BCUT2D eigenvalue weighted by Crippen LogP contribution is -2.25. The fraction of sp³-hybridized carbons (Fsp3) is 0.261. The number of nitrogens with one attached hydrogen (secondary N) is 2. The van der Waals surface area contributed by atoms with Gasteiger partial charge in [0.2, 0.25) is 0 Å². The van der Waals surface area contributed by atoms with Gasteiger partial charge >= 0.3 is 12.4 Å². The second kappa shape index (κ2) is 10.3. The van der Waals surface area contributed by atoms with Crippen molar-refractivity contribution in [3.63, 3.8) is 0 Å². The Morgan fingerprint density at radius 2 is 1.77 bits per heavy atom. The first-order valence-electron chi connectivity index (χ1n) is 11.2. The largest absolute Gasteiger partial charge is 0.423 e. The summed E-state index contributed by atoms with van der Waals surface area (Å²) >= 11 is 0. The standard InChI is InChI=1S/C23H18F7N7O2/c24-14-7-12-16(8-11(14)15-4-3-13(19(31)35-15)22(25,26)27)33-10-37(21(12)39)6-2-1-5-32-17-9-34-36-20(38)18(17)23(28,29)30/h3-4,7-10H,1-2,5-6H2,(H2,31,35)(H2,32,36,38). The summed E-state index contributed by atoms with van der Waals surface area (Å²) in [5.41, 5.74) is 0.0462. The molecule has 9 nitrogen and oxygen atoms in total. The minimum absolute atomic E-state index is 0.0330. The molecular weight excluding hydrogens is 539 g/mol. The molecule has 1 aromatic carbocycles. The Bertz CT molecular complexity index is 1650. The topological polar surface area (TPSA) is 132 Å². The molecule has 0 unspecified atom stereocenters. The van der Waals surface area contributed by atoms with Crippen LogP contribution in [0, 0.1) is 5.82 Å². The van der Waals surface area contributed by atoms with E-state index < -0.39 is 51.9 Å². The van der Waals surface area contributed by atoms with Crippen LogP contribution in [0.3, 0.4) is 0 Å². The maximum absolute atomic E-state index is 14.8. The maximum Gasteiger partial charge on any atom is 0.423 e. The summed E-state index contributed by atoms with van der Waals surface area (Å²) in [5.74, 6) is -1.76. The molecule has 0 aliphatic heterocycles. The third-order valence-electron chi connectivity index (χ3n) is 5.70.